The number of nitrogens with zero attached hydrogens (tertiary/aromatic N) is 1. The number of nitrogens with one attached hydrogen (secondary N) is 1. The molecule has 29 heavy (non-hydrogen) atoms. The number of carbonyl (C=O) groups is 1. The van der Waals surface area contributed by atoms with E-state index in [-0.39, 0.29) is 12.0 Å². The monoisotopic (exact) mass is 436 g/mol. The summed E-state index contributed by atoms with van der Waals surface area (Å²) in [5.41, 5.74) is 1.72. The van der Waals surface area contributed by atoms with Gasteiger partial charge in [-0.05, 0) is 61.4 Å². The predicted molar refractivity (Wildman–Crippen MR) is 107 cm³/mol. The first-order chi connectivity index (χ1) is 14.1. The number of rotatable bonds is 5. The maximum Gasteiger partial charge on any atom is 0.262 e. The van der Waals surface area contributed by atoms with Crippen LogP contribution in [0.1, 0.15) is 12.8 Å². The molecule has 2 aliphatic rings. The number of fused-ring (bicyclic) bond motifs is 1. The average Bonchev–Trinajstić information content (AvgIpc) is 3.23. The number of benzene rings is 2. The molecule has 0 aliphatic carbocycles. The molecule has 2 heterocycles. The van der Waals surface area contributed by atoms with Crippen LogP contribution >= 0.6 is 11.6 Å². The van der Waals surface area contributed by atoms with Crippen molar-refractivity contribution < 1.29 is 23.7 Å². The van der Waals surface area contributed by atoms with Crippen molar-refractivity contribution in [1.82, 2.24) is 9.79 Å². The van der Waals surface area contributed by atoms with Crippen molar-refractivity contribution in [3.63, 3.8) is 0 Å². The zero-order valence-electron chi connectivity index (χ0n) is 15.5. The first kappa shape index (κ1) is 20.3. The summed E-state index contributed by atoms with van der Waals surface area (Å²) in [6, 6.07) is 13.2. The predicted octanol–water partition coefficient (Wildman–Crippen LogP) is 3.14. The Bertz CT molecular complexity index is 893. The van der Waals surface area contributed by atoms with Crippen LogP contribution in [-0.4, -0.2) is 44.9 Å². The molecule has 0 spiro atoms. The SMILES string of the molecule is O=C(NO)C1C2CCOC2CCN1S(=O)c1ccc(Oc2ccc(Cl)cc2)cc1. The second-order valence-corrected chi connectivity index (χ2v) is 8.86. The molecule has 2 N–H and O–H groups in total. The Balaban J connectivity index is 1.50. The number of halogens is 1. The lowest BCUT2D eigenvalue weighted by Gasteiger charge is -2.39. The molecule has 0 bridgehead atoms. The molecule has 1 amide bonds. The molecule has 0 saturated carbocycles. The van der Waals surface area contributed by atoms with Gasteiger partial charge in [-0.3, -0.25) is 10.0 Å². The average molecular weight is 437 g/mol. The molecule has 2 fully saturated rings. The lowest BCUT2D eigenvalue weighted by molar-refractivity contribution is -0.137. The topological polar surface area (TPSA) is 88.1 Å². The third-order valence-corrected chi connectivity index (χ3v) is 7.04. The molecule has 2 aromatic carbocycles. The molecule has 4 unspecified atom stereocenters. The number of piperidine rings is 1. The van der Waals surface area contributed by atoms with Crippen LogP contribution in [0, 0.1) is 5.92 Å². The van der Waals surface area contributed by atoms with Crippen molar-refractivity contribution in [3.8, 4) is 11.5 Å². The normalized spacial score (nSPS) is 25.2. The molecule has 7 nitrogen and oxygen atoms in total. The van der Waals surface area contributed by atoms with Crippen LogP contribution < -0.4 is 10.2 Å². The molecule has 0 radical (unpaired) electrons. The summed E-state index contributed by atoms with van der Waals surface area (Å²) < 4.78 is 26.3. The van der Waals surface area contributed by atoms with Crippen LogP contribution in [0.25, 0.3) is 0 Å². The van der Waals surface area contributed by atoms with Gasteiger partial charge in [0, 0.05) is 24.1 Å². The Morgan fingerprint density at radius 2 is 1.79 bits per heavy atom. The molecule has 2 aromatic rings. The molecule has 4 atom stereocenters. The van der Waals surface area contributed by atoms with Crippen LogP contribution in [0.4, 0.5) is 0 Å². The summed E-state index contributed by atoms with van der Waals surface area (Å²) >= 11 is 5.88. The van der Waals surface area contributed by atoms with Gasteiger partial charge in [-0.1, -0.05) is 11.6 Å². The molecule has 154 valence electrons. The summed E-state index contributed by atoms with van der Waals surface area (Å²) in [5.74, 6) is 0.598. The Morgan fingerprint density at radius 1 is 1.14 bits per heavy atom. The first-order valence-electron chi connectivity index (χ1n) is 9.34. The lowest BCUT2D eigenvalue weighted by Crippen LogP contribution is -2.56. The van der Waals surface area contributed by atoms with E-state index in [1.54, 1.807) is 58.3 Å². The molecular weight excluding hydrogens is 416 g/mol. The largest absolute Gasteiger partial charge is 0.457 e. The van der Waals surface area contributed by atoms with E-state index in [1.807, 2.05) is 0 Å². The van der Waals surface area contributed by atoms with Crippen molar-refractivity contribution in [2.24, 2.45) is 5.92 Å². The Morgan fingerprint density at radius 3 is 2.45 bits per heavy atom. The van der Waals surface area contributed by atoms with E-state index in [0.29, 0.717) is 47.4 Å². The van der Waals surface area contributed by atoms with E-state index < -0.39 is 22.9 Å². The number of amides is 1. The minimum Gasteiger partial charge on any atom is -0.457 e. The first-order valence-corrected chi connectivity index (χ1v) is 10.8. The summed E-state index contributed by atoms with van der Waals surface area (Å²) in [6.07, 6.45) is 1.36. The third-order valence-electron chi connectivity index (χ3n) is 5.28. The van der Waals surface area contributed by atoms with Crippen molar-refractivity contribution in [1.29, 1.82) is 0 Å². The highest BCUT2D eigenvalue weighted by molar-refractivity contribution is 7.82. The minimum absolute atomic E-state index is 0.0410. The maximum absolute atomic E-state index is 13.2. The fraction of sp³-hybridized carbons (Fsp3) is 0.350. The number of ether oxygens (including phenoxy) is 2. The molecular formula is C20H21ClN2O5S. The number of carbonyl (C=O) groups excluding carboxylic acids is 1. The van der Waals surface area contributed by atoms with E-state index in [4.69, 9.17) is 21.1 Å². The minimum atomic E-state index is -1.56. The fourth-order valence-electron chi connectivity index (χ4n) is 3.91. The highest BCUT2D eigenvalue weighted by atomic mass is 35.5. The number of hydrogen-bond donors (Lipinski definition) is 2. The molecule has 9 heteroatoms. The molecule has 2 saturated heterocycles. The van der Waals surface area contributed by atoms with Gasteiger partial charge in [0.1, 0.15) is 28.5 Å². The Kier molecular flexibility index (Phi) is 6.17. The van der Waals surface area contributed by atoms with Crippen LogP contribution in [0.5, 0.6) is 11.5 Å². The Labute approximate surface area is 176 Å². The van der Waals surface area contributed by atoms with E-state index in [0.717, 1.165) is 0 Å². The molecule has 4 rings (SSSR count). The highest BCUT2D eigenvalue weighted by Gasteiger charge is 2.47. The van der Waals surface area contributed by atoms with E-state index in [1.165, 1.54) is 0 Å². The van der Waals surface area contributed by atoms with Crippen molar-refractivity contribution in [2.75, 3.05) is 13.2 Å². The second-order valence-electron chi connectivity index (χ2n) is 6.99. The quantitative estimate of drug-likeness (QED) is 0.555. The van der Waals surface area contributed by atoms with Crippen LogP contribution in [-0.2, 0) is 20.5 Å². The van der Waals surface area contributed by atoms with Gasteiger partial charge >= 0.3 is 0 Å². The van der Waals surface area contributed by atoms with Crippen LogP contribution in [0.2, 0.25) is 5.02 Å². The van der Waals surface area contributed by atoms with Gasteiger partial charge in [-0.25, -0.2) is 14.0 Å². The second kappa shape index (κ2) is 8.81. The Hall–Kier alpha value is -1.97. The van der Waals surface area contributed by atoms with Gasteiger partial charge in [0.25, 0.3) is 5.91 Å². The lowest BCUT2D eigenvalue weighted by atomic mass is 9.87. The van der Waals surface area contributed by atoms with Gasteiger partial charge in [-0.15, -0.1) is 0 Å². The van der Waals surface area contributed by atoms with E-state index >= 15 is 0 Å². The van der Waals surface area contributed by atoms with Gasteiger partial charge in [-0.2, -0.15) is 0 Å². The smallest absolute Gasteiger partial charge is 0.262 e. The summed E-state index contributed by atoms with van der Waals surface area (Å²) in [4.78, 5) is 12.9. The zero-order chi connectivity index (χ0) is 20.4. The molecule has 2 aliphatic heterocycles. The van der Waals surface area contributed by atoms with Crippen molar-refractivity contribution in [2.45, 2.75) is 29.9 Å². The summed E-state index contributed by atoms with van der Waals surface area (Å²) in [7, 11) is -1.56. The fourth-order valence-corrected chi connectivity index (χ4v) is 5.40. The maximum atomic E-state index is 13.2. The van der Waals surface area contributed by atoms with E-state index in [2.05, 4.69) is 0 Å². The molecule has 0 aromatic heterocycles. The van der Waals surface area contributed by atoms with Gasteiger partial charge in [0.15, 0.2) is 0 Å². The van der Waals surface area contributed by atoms with Gasteiger partial charge < -0.3 is 9.47 Å². The van der Waals surface area contributed by atoms with Crippen LogP contribution in [0.15, 0.2) is 53.4 Å². The summed E-state index contributed by atoms with van der Waals surface area (Å²) in [6.45, 7) is 1.01. The number of hydroxylamine groups is 1. The highest BCUT2D eigenvalue weighted by Crippen LogP contribution is 2.36. The van der Waals surface area contributed by atoms with E-state index in [9.17, 15) is 14.2 Å². The number of hydrogen-bond acceptors (Lipinski definition) is 5. The van der Waals surface area contributed by atoms with Gasteiger partial charge in [0.2, 0.25) is 0 Å². The zero-order valence-corrected chi connectivity index (χ0v) is 17.1. The van der Waals surface area contributed by atoms with Crippen molar-refractivity contribution in [3.05, 3.63) is 53.6 Å². The van der Waals surface area contributed by atoms with Gasteiger partial charge in [0.05, 0.1) is 11.0 Å². The summed E-state index contributed by atoms with van der Waals surface area (Å²) in [5, 5.41) is 9.81. The third kappa shape index (κ3) is 4.31. The standard InChI is InChI=1S/C20H21ClN2O5S/c21-13-1-3-14(4-2-13)28-15-5-7-16(8-6-15)29(26)23-11-9-18-17(10-12-27-18)19(23)20(24)22-25/h1-8,17-19,25H,9-12H2,(H,22,24). The van der Waals surface area contributed by atoms with Crippen LogP contribution in [0.3, 0.4) is 0 Å². The van der Waals surface area contributed by atoms with Crippen molar-refractivity contribution >= 4 is 28.5 Å².